The number of nitrogens with one attached hydrogen (secondary N) is 1. The lowest BCUT2D eigenvalue weighted by Gasteiger charge is -2.44. The van der Waals surface area contributed by atoms with E-state index in [4.69, 9.17) is 0 Å². The molecule has 1 aromatic carbocycles. The average molecular weight is 331 g/mol. The van der Waals surface area contributed by atoms with Gasteiger partial charge in [0.2, 0.25) is 5.91 Å². The number of carbonyl (C=O) groups is 1. The minimum absolute atomic E-state index is 0.0580. The largest absolute Gasteiger partial charge is 0.387 e. The Balaban J connectivity index is 2.27. The number of amides is 1. The zero-order chi connectivity index (χ0) is 17.9. The second-order valence-corrected chi connectivity index (χ2v) is 7.50. The fourth-order valence-electron chi connectivity index (χ4n) is 3.09. The SMILES string of the molecule is CN(C)N1[C@@H](C(=O)NC(C)(C)C)C=CC[C@H]1[C@@H](O)c1ccccc1. The lowest BCUT2D eigenvalue weighted by Crippen LogP contribution is -2.60. The summed E-state index contributed by atoms with van der Waals surface area (Å²) in [4.78, 5) is 12.7. The van der Waals surface area contributed by atoms with Crippen molar-refractivity contribution in [2.24, 2.45) is 0 Å². The van der Waals surface area contributed by atoms with E-state index in [0.717, 1.165) is 5.56 Å². The standard InChI is InChI=1S/C19H29N3O2/c1-19(2,3)20-18(24)16-13-9-12-15(22(16)21(4)5)17(23)14-10-7-6-8-11-14/h6-11,13,15-17,23H,12H2,1-5H3,(H,20,24)/t15-,16+,17-/m0/s1. The van der Waals surface area contributed by atoms with Crippen molar-refractivity contribution in [3.63, 3.8) is 0 Å². The summed E-state index contributed by atoms with van der Waals surface area (Å²) in [5.74, 6) is -0.0580. The fraction of sp³-hybridized carbons (Fsp3) is 0.526. The van der Waals surface area contributed by atoms with Gasteiger partial charge in [-0.1, -0.05) is 42.5 Å². The lowest BCUT2D eigenvalue weighted by atomic mass is 9.94. The first-order chi connectivity index (χ1) is 11.2. The molecule has 1 amide bonds. The van der Waals surface area contributed by atoms with E-state index >= 15 is 0 Å². The van der Waals surface area contributed by atoms with Crippen LogP contribution in [0.15, 0.2) is 42.5 Å². The predicted molar refractivity (Wildman–Crippen MR) is 96.2 cm³/mol. The Morgan fingerprint density at radius 1 is 1.29 bits per heavy atom. The van der Waals surface area contributed by atoms with Crippen molar-refractivity contribution in [1.29, 1.82) is 0 Å². The van der Waals surface area contributed by atoms with Crippen LogP contribution in [0, 0.1) is 0 Å². The van der Waals surface area contributed by atoms with E-state index in [9.17, 15) is 9.90 Å². The predicted octanol–water partition coefficient (Wildman–Crippen LogP) is 2.11. The number of nitrogens with zero attached hydrogens (tertiary/aromatic N) is 2. The third-order valence-electron chi connectivity index (χ3n) is 4.06. The molecule has 0 aliphatic carbocycles. The topological polar surface area (TPSA) is 55.8 Å². The van der Waals surface area contributed by atoms with Gasteiger partial charge in [0.15, 0.2) is 0 Å². The van der Waals surface area contributed by atoms with Gasteiger partial charge >= 0.3 is 0 Å². The minimum Gasteiger partial charge on any atom is -0.387 e. The highest BCUT2D eigenvalue weighted by Gasteiger charge is 2.38. The summed E-state index contributed by atoms with van der Waals surface area (Å²) in [6, 6.07) is 8.98. The van der Waals surface area contributed by atoms with E-state index in [1.165, 1.54) is 0 Å². The molecule has 5 nitrogen and oxygen atoms in total. The van der Waals surface area contributed by atoms with Crippen LogP contribution in [-0.2, 0) is 4.79 Å². The number of aliphatic hydroxyl groups excluding tert-OH is 1. The summed E-state index contributed by atoms with van der Waals surface area (Å²) >= 11 is 0. The maximum Gasteiger partial charge on any atom is 0.243 e. The Morgan fingerprint density at radius 2 is 1.92 bits per heavy atom. The molecule has 1 aliphatic rings. The molecule has 1 aliphatic heterocycles. The molecule has 0 fully saturated rings. The Hall–Kier alpha value is -1.69. The Morgan fingerprint density at radius 3 is 2.46 bits per heavy atom. The molecule has 3 atom stereocenters. The molecule has 0 unspecified atom stereocenters. The fourth-order valence-corrected chi connectivity index (χ4v) is 3.09. The second-order valence-electron chi connectivity index (χ2n) is 7.50. The van der Waals surface area contributed by atoms with Crippen LogP contribution < -0.4 is 5.32 Å². The summed E-state index contributed by atoms with van der Waals surface area (Å²) in [5.41, 5.74) is 0.563. The first kappa shape index (κ1) is 18.6. The molecule has 2 rings (SSSR count). The number of aliphatic hydroxyl groups is 1. The normalized spacial score (nSPS) is 23.3. The molecule has 0 spiro atoms. The highest BCUT2D eigenvalue weighted by molar-refractivity contribution is 5.84. The molecular weight excluding hydrogens is 302 g/mol. The van der Waals surface area contributed by atoms with Crippen LogP contribution >= 0.6 is 0 Å². The van der Waals surface area contributed by atoms with Crippen molar-refractivity contribution >= 4 is 5.91 Å². The maximum absolute atomic E-state index is 12.7. The molecule has 1 heterocycles. The van der Waals surface area contributed by atoms with Crippen LogP contribution in [0.1, 0.15) is 38.9 Å². The highest BCUT2D eigenvalue weighted by Crippen LogP contribution is 2.29. The van der Waals surface area contributed by atoms with E-state index in [2.05, 4.69) is 5.32 Å². The van der Waals surface area contributed by atoms with E-state index < -0.39 is 12.1 Å². The first-order valence-corrected chi connectivity index (χ1v) is 8.38. The van der Waals surface area contributed by atoms with Crippen LogP contribution in [0.2, 0.25) is 0 Å². The van der Waals surface area contributed by atoms with Gasteiger partial charge in [0.25, 0.3) is 0 Å². The number of carbonyl (C=O) groups excluding carboxylic acids is 1. The van der Waals surface area contributed by atoms with E-state index in [0.29, 0.717) is 6.42 Å². The molecule has 0 saturated carbocycles. The summed E-state index contributed by atoms with van der Waals surface area (Å²) in [7, 11) is 3.81. The van der Waals surface area contributed by atoms with Gasteiger partial charge in [-0.15, -0.1) is 0 Å². The zero-order valence-electron chi connectivity index (χ0n) is 15.2. The van der Waals surface area contributed by atoms with Crippen molar-refractivity contribution in [2.75, 3.05) is 14.1 Å². The third kappa shape index (κ3) is 4.44. The van der Waals surface area contributed by atoms with Crippen molar-refractivity contribution in [1.82, 2.24) is 15.3 Å². The minimum atomic E-state index is -0.663. The third-order valence-corrected chi connectivity index (χ3v) is 4.06. The summed E-state index contributed by atoms with van der Waals surface area (Å²) in [6.45, 7) is 5.90. The van der Waals surface area contributed by atoms with Crippen LogP contribution in [0.4, 0.5) is 0 Å². The monoisotopic (exact) mass is 331 g/mol. The molecule has 0 aromatic heterocycles. The van der Waals surface area contributed by atoms with Crippen LogP contribution in [0.25, 0.3) is 0 Å². The number of hydrogen-bond donors (Lipinski definition) is 2. The molecule has 0 radical (unpaired) electrons. The zero-order valence-corrected chi connectivity index (χ0v) is 15.2. The van der Waals surface area contributed by atoms with E-state index in [-0.39, 0.29) is 17.5 Å². The Kier molecular flexibility index (Phi) is 5.80. The molecule has 1 aromatic rings. The second kappa shape index (κ2) is 7.47. The molecule has 5 heteroatoms. The Bertz CT molecular complexity index is 578. The van der Waals surface area contributed by atoms with Crippen molar-refractivity contribution < 1.29 is 9.90 Å². The molecule has 2 N–H and O–H groups in total. The van der Waals surface area contributed by atoms with E-state index in [1.807, 2.05) is 87.4 Å². The highest BCUT2D eigenvalue weighted by atomic mass is 16.3. The van der Waals surface area contributed by atoms with Crippen molar-refractivity contribution in [2.45, 2.75) is 50.9 Å². The van der Waals surface area contributed by atoms with Gasteiger partial charge in [0.05, 0.1) is 12.1 Å². The summed E-state index contributed by atoms with van der Waals surface area (Å²) in [5, 5.41) is 17.7. The summed E-state index contributed by atoms with van der Waals surface area (Å²) < 4.78 is 0. The van der Waals surface area contributed by atoms with Gasteiger partial charge in [-0.3, -0.25) is 4.79 Å². The van der Waals surface area contributed by atoms with Gasteiger partial charge in [-0.25, -0.2) is 10.0 Å². The van der Waals surface area contributed by atoms with Crippen LogP contribution in [-0.4, -0.2) is 52.7 Å². The van der Waals surface area contributed by atoms with Gasteiger partial charge in [-0.05, 0) is 32.8 Å². The number of hydrogen-bond acceptors (Lipinski definition) is 4. The molecule has 24 heavy (non-hydrogen) atoms. The van der Waals surface area contributed by atoms with Crippen molar-refractivity contribution in [3.05, 3.63) is 48.0 Å². The van der Waals surface area contributed by atoms with Gasteiger partial charge in [0, 0.05) is 19.6 Å². The van der Waals surface area contributed by atoms with Crippen LogP contribution in [0.5, 0.6) is 0 Å². The van der Waals surface area contributed by atoms with E-state index in [1.54, 1.807) is 0 Å². The summed E-state index contributed by atoms with van der Waals surface area (Å²) in [6.07, 6.45) is 3.93. The van der Waals surface area contributed by atoms with Crippen molar-refractivity contribution in [3.8, 4) is 0 Å². The number of benzene rings is 1. The molecule has 132 valence electrons. The van der Waals surface area contributed by atoms with Crippen LogP contribution in [0.3, 0.4) is 0 Å². The van der Waals surface area contributed by atoms with Gasteiger partial charge in [0.1, 0.15) is 6.04 Å². The maximum atomic E-state index is 12.7. The van der Waals surface area contributed by atoms with Gasteiger partial charge < -0.3 is 10.4 Å². The number of rotatable bonds is 4. The molecular formula is C19H29N3O2. The number of hydrazine groups is 1. The smallest absolute Gasteiger partial charge is 0.243 e. The molecule has 0 saturated heterocycles. The quantitative estimate of drug-likeness (QED) is 0.830. The first-order valence-electron chi connectivity index (χ1n) is 8.38. The van der Waals surface area contributed by atoms with Gasteiger partial charge in [-0.2, -0.15) is 0 Å². The Labute approximate surface area is 144 Å². The molecule has 0 bridgehead atoms. The lowest BCUT2D eigenvalue weighted by molar-refractivity contribution is -0.141. The average Bonchev–Trinajstić information content (AvgIpc) is 2.52.